The number of amides is 1. The molecule has 0 spiro atoms. The number of nitrogens with two attached hydrogens (primary N) is 1. The number of hydrogen-bond donors (Lipinski definition) is 1. The first-order valence-corrected chi connectivity index (χ1v) is 6.60. The van der Waals surface area contributed by atoms with Crippen molar-refractivity contribution in [2.45, 2.75) is 6.42 Å². The average Bonchev–Trinajstić information content (AvgIpc) is 2.97. The second-order valence-corrected chi connectivity index (χ2v) is 4.72. The number of rotatable bonds is 2. The maximum atomic E-state index is 12.3. The second kappa shape index (κ2) is 5.21. The summed E-state index contributed by atoms with van der Waals surface area (Å²) in [6.07, 6.45) is 6.76. The third-order valence-electron chi connectivity index (χ3n) is 3.34. The van der Waals surface area contributed by atoms with Gasteiger partial charge in [0.25, 0.3) is 5.91 Å². The molecule has 5 heteroatoms. The molecule has 1 aliphatic rings. The largest absolute Gasteiger partial charge is 0.397 e. The molecule has 1 aromatic heterocycles. The quantitative estimate of drug-likeness (QED) is 0.668. The van der Waals surface area contributed by atoms with Gasteiger partial charge in [0.15, 0.2) is 5.69 Å². The van der Waals surface area contributed by atoms with Gasteiger partial charge in [-0.05, 0) is 24.6 Å². The molecule has 0 fully saturated rings. The van der Waals surface area contributed by atoms with Crippen molar-refractivity contribution in [3.8, 4) is 5.69 Å². The summed E-state index contributed by atoms with van der Waals surface area (Å²) < 4.78 is 1.64. The Bertz CT molecular complexity index is 659. The summed E-state index contributed by atoms with van der Waals surface area (Å²) in [5, 5.41) is 4.34. The van der Waals surface area contributed by atoms with E-state index < -0.39 is 0 Å². The van der Waals surface area contributed by atoms with Crippen molar-refractivity contribution in [1.29, 1.82) is 0 Å². The molecule has 2 N–H and O–H groups in total. The molecule has 1 amide bonds. The van der Waals surface area contributed by atoms with E-state index in [9.17, 15) is 4.79 Å². The number of nitrogen functional groups attached to an aromatic ring is 1. The minimum absolute atomic E-state index is 0.0393. The van der Waals surface area contributed by atoms with Gasteiger partial charge in [0.1, 0.15) is 0 Å². The Morgan fingerprint density at radius 3 is 2.80 bits per heavy atom. The van der Waals surface area contributed by atoms with E-state index in [1.807, 2.05) is 30.3 Å². The van der Waals surface area contributed by atoms with Crippen molar-refractivity contribution >= 4 is 11.6 Å². The first-order valence-electron chi connectivity index (χ1n) is 6.60. The molecular formula is C15H16N4O. The van der Waals surface area contributed by atoms with E-state index in [0.717, 1.165) is 18.7 Å². The van der Waals surface area contributed by atoms with Gasteiger partial charge in [-0.2, -0.15) is 5.10 Å². The van der Waals surface area contributed by atoms with Crippen LogP contribution in [0.1, 0.15) is 16.9 Å². The molecule has 0 bridgehead atoms. The van der Waals surface area contributed by atoms with Gasteiger partial charge in [-0.15, -0.1) is 0 Å². The molecule has 5 nitrogen and oxygen atoms in total. The highest BCUT2D eigenvalue weighted by molar-refractivity contribution is 5.92. The standard InChI is InChI=1S/C15H16N4O/c16-12-6-2-3-7-14(12)19-11-8-13(17-19)15(20)18-9-4-1-5-10-18/h1-4,6-8,11H,5,9-10,16H2. The van der Waals surface area contributed by atoms with Crippen LogP contribution in [0.25, 0.3) is 5.69 Å². The molecule has 2 aromatic rings. The highest BCUT2D eigenvalue weighted by atomic mass is 16.2. The van der Waals surface area contributed by atoms with Crippen molar-refractivity contribution in [2.75, 3.05) is 18.8 Å². The van der Waals surface area contributed by atoms with Crippen molar-refractivity contribution in [3.05, 3.63) is 54.4 Å². The molecule has 3 rings (SSSR count). The van der Waals surface area contributed by atoms with Gasteiger partial charge in [0.05, 0.1) is 11.4 Å². The lowest BCUT2D eigenvalue weighted by atomic mass is 10.2. The number of carbonyl (C=O) groups excluding carboxylic acids is 1. The molecule has 0 unspecified atom stereocenters. The third kappa shape index (κ3) is 2.30. The lowest BCUT2D eigenvalue weighted by molar-refractivity contribution is 0.0764. The highest BCUT2D eigenvalue weighted by Crippen LogP contribution is 2.16. The Labute approximate surface area is 117 Å². The molecule has 0 saturated carbocycles. The van der Waals surface area contributed by atoms with Gasteiger partial charge in [-0.1, -0.05) is 24.3 Å². The maximum absolute atomic E-state index is 12.3. The zero-order valence-electron chi connectivity index (χ0n) is 11.1. The Hall–Kier alpha value is -2.56. The Morgan fingerprint density at radius 2 is 2.05 bits per heavy atom. The predicted octanol–water partition coefficient (Wildman–Crippen LogP) is 1.86. The minimum atomic E-state index is -0.0393. The summed E-state index contributed by atoms with van der Waals surface area (Å²) in [5.41, 5.74) is 7.78. The van der Waals surface area contributed by atoms with Crippen molar-refractivity contribution in [3.63, 3.8) is 0 Å². The van der Waals surface area contributed by atoms with Crippen LogP contribution in [0, 0.1) is 0 Å². The summed E-state index contributed by atoms with van der Waals surface area (Å²) in [5.74, 6) is -0.0393. The summed E-state index contributed by atoms with van der Waals surface area (Å²) >= 11 is 0. The summed E-state index contributed by atoms with van der Waals surface area (Å²) in [4.78, 5) is 14.1. The van der Waals surface area contributed by atoms with E-state index in [-0.39, 0.29) is 5.91 Å². The van der Waals surface area contributed by atoms with Crippen LogP contribution in [-0.2, 0) is 0 Å². The zero-order valence-corrected chi connectivity index (χ0v) is 11.1. The normalized spacial score (nSPS) is 14.5. The van der Waals surface area contributed by atoms with E-state index in [0.29, 0.717) is 17.9 Å². The topological polar surface area (TPSA) is 64.2 Å². The molecule has 0 radical (unpaired) electrons. The van der Waals surface area contributed by atoms with Gasteiger partial charge < -0.3 is 10.6 Å². The van der Waals surface area contributed by atoms with Gasteiger partial charge in [-0.3, -0.25) is 4.79 Å². The summed E-state index contributed by atoms with van der Waals surface area (Å²) in [6, 6.07) is 9.18. The van der Waals surface area contributed by atoms with Crippen LogP contribution < -0.4 is 5.73 Å². The van der Waals surface area contributed by atoms with Crippen LogP contribution in [0.5, 0.6) is 0 Å². The average molecular weight is 268 g/mol. The van der Waals surface area contributed by atoms with Gasteiger partial charge in [0.2, 0.25) is 0 Å². The maximum Gasteiger partial charge on any atom is 0.274 e. The predicted molar refractivity (Wildman–Crippen MR) is 77.6 cm³/mol. The van der Waals surface area contributed by atoms with Gasteiger partial charge >= 0.3 is 0 Å². The molecular weight excluding hydrogens is 252 g/mol. The van der Waals surface area contributed by atoms with E-state index in [1.165, 1.54) is 0 Å². The van der Waals surface area contributed by atoms with Crippen LogP contribution in [0.3, 0.4) is 0 Å². The zero-order chi connectivity index (χ0) is 13.9. The molecule has 1 aliphatic heterocycles. The Morgan fingerprint density at radius 1 is 1.20 bits per heavy atom. The number of para-hydroxylation sites is 2. The fraction of sp³-hybridized carbons (Fsp3) is 0.200. The molecule has 1 aromatic carbocycles. The third-order valence-corrected chi connectivity index (χ3v) is 3.34. The smallest absolute Gasteiger partial charge is 0.274 e. The SMILES string of the molecule is Nc1ccccc1-n1ccc(C(=O)N2CC=CCC2)n1. The van der Waals surface area contributed by atoms with Crippen LogP contribution in [0.4, 0.5) is 5.69 Å². The minimum Gasteiger partial charge on any atom is -0.397 e. The van der Waals surface area contributed by atoms with Crippen LogP contribution >= 0.6 is 0 Å². The van der Waals surface area contributed by atoms with Gasteiger partial charge in [0, 0.05) is 19.3 Å². The second-order valence-electron chi connectivity index (χ2n) is 4.72. The summed E-state index contributed by atoms with van der Waals surface area (Å²) in [7, 11) is 0. The number of benzene rings is 1. The first-order chi connectivity index (χ1) is 9.75. The number of carbonyl (C=O) groups is 1. The monoisotopic (exact) mass is 268 g/mol. The van der Waals surface area contributed by atoms with Crippen molar-refractivity contribution in [2.24, 2.45) is 0 Å². The fourth-order valence-corrected chi connectivity index (χ4v) is 2.26. The number of hydrogen-bond acceptors (Lipinski definition) is 3. The molecule has 20 heavy (non-hydrogen) atoms. The van der Waals surface area contributed by atoms with Crippen molar-refractivity contribution in [1.82, 2.24) is 14.7 Å². The number of nitrogens with zero attached hydrogens (tertiary/aromatic N) is 3. The van der Waals surface area contributed by atoms with Gasteiger partial charge in [-0.25, -0.2) is 4.68 Å². The molecule has 102 valence electrons. The van der Waals surface area contributed by atoms with E-state index in [2.05, 4.69) is 11.2 Å². The fourth-order valence-electron chi connectivity index (χ4n) is 2.26. The van der Waals surface area contributed by atoms with E-state index >= 15 is 0 Å². The molecule has 0 saturated heterocycles. The Kier molecular flexibility index (Phi) is 3.25. The first kappa shape index (κ1) is 12.5. The lowest BCUT2D eigenvalue weighted by Crippen LogP contribution is -2.34. The molecule has 0 aliphatic carbocycles. The Balaban J connectivity index is 1.85. The number of aromatic nitrogens is 2. The van der Waals surface area contributed by atoms with E-state index in [1.54, 1.807) is 21.8 Å². The highest BCUT2D eigenvalue weighted by Gasteiger charge is 2.18. The van der Waals surface area contributed by atoms with Crippen LogP contribution in [0.2, 0.25) is 0 Å². The molecule has 2 heterocycles. The van der Waals surface area contributed by atoms with Crippen LogP contribution in [0.15, 0.2) is 48.7 Å². The van der Waals surface area contributed by atoms with Crippen LogP contribution in [-0.4, -0.2) is 33.7 Å². The van der Waals surface area contributed by atoms with Crippen molar-refractivity contribution < 1.29 is 4.79 Å². The number of anilines is 1. The summed E-state index contributed by atoms with van der Waals surface area (Å²) in [6.45, 7) is 1.40. The lowest BCUT2D eigenvalue weighted by Gasteiger charge is -2.22. The van der Waals surface area contributed by atoms with E-state index in [4.69, 9.17) is 5.73 Å². The molecule has 0 atom stereocenters.